The number of piperidine rings is 1. The molecular formula is C16H26BrN3. The van der Waals surface area contributed by atoms with Crippen molar-refractivity contribution in [2.24, 2.45) is 11.8 Å². The van der Waals surface area contributed by atoms with Gasteiger partial charge in [0.15, 0.2) is 0 Å². The van der Waals surface area contributed by atoms with Gasteiger partial charge in [-0.25, -0.2) is 4.98 Å². The molecule has 0 aromatic carbocycles. The van der Waals surface area contributed by atoms with Crippen LogP contribution in [0.3, 0.4) is 0 Å². The lowest BCUT2D eigenvalue weighted by Crippen LogP contribution is -2.38. The van der Waals surface area contributed by atoms with Crippen LogP contribution in [0.2, 0.25) is 0 Å². The molecule has 2 rings (SSSR count). The standard InChI is InChI=1S/C16H26BrN3/c1-12(2)9-18-11-14-4-6-20(7-5-14)16-15(17)8-13(3)10-19-16/h8,10,12,14,18H,4-7,9,11H2,1-3H3. The molecule has 20 heavy (non-hydrogen) atoms. The normalized spacial score (nSPS) is 16.9. The molecule has 0 radical (unpaired) electrons. The lowest BCUT2D eigenvalue weighted by Gasteiger charge is -2.33. The fourth-order valence-electron chi connectivity index (χ4n) is 2.68. The summed E-state index contributed by atoms with van der Waals surface area (Å²) >= 11 is 3.64. The largest absolute Gasteiger partial charge is 0.356 e. The zero-order chi connectivity index (χ0) is 14.5. The number of aryl methyl sites for hydroxylation is 1. The average Bonchev–Trinajstić information content (AvgIpc) is 2.39. The first-order valence-electron chi connectivity index (χ1n) is 7.64. The second-order valence-electron chi connectivity index (χ2n) is 6.30. The van der Waals surface area contributed by atoms with Gasteiger partial charge in [-0.2, -0.15) is 0 Å². The summed E-state index contributed by atoms with van der Waals surface area (Å²) in [4.78, 5) is 6.98. The number of nitrogens with zero attached hydrogens (tertiary/aromatic N) is 2. The monoisotopic (exact) mass is 339 g/mol. The van der Waals surface area contributed by atoms with Gasteiger partial charge in [-0.05, 0) is 72.3 Å². The maximum atomic E-state index is 4.58. The molecule has 0 aliphatic carbocycles. The summed E-state index contributed by atoms with van der Waals surface area (Å²) in [5, 5.41) is 3.58. The predicted octanol–water partition coefficient (Wildman–Crippen LogP) is 3.61. The van der Waals surface area contributed by atoms with Gasteiger partial charge in [0.25, 0.3) is 0 Å². The van der Waals surface area contributed by atoms with Gasteiger partial charge in [0, 0.05) is 19.3 Å². The molecule has 0 bridgehead atoms. The maximum Gasteiger partial charge on any atom is 0.142 e. The highest BCUT2D eigenvalue weighted by Crippen LogP contribution is 2.28. The molecule has 0 unspecified atom stereocenters. The highest BCUT2D eigenvalue weighted by Gasteiger charge is 2.21. The highest BCUT2D eigenvalue weighted by molar-refractivity contribution is 9.10. The fourth-order valence-corrected chi connectivity index (χ4v) is 3.40. The van der Waals surface area contributed by atoms with Gasteiger partial charge in [0.2, 0.25) is 0 Å². The van der Waals surface area contributed by atoms with E-state index in [0.717, 1.165) is 48.3 Å². The molecule has 1 fully saturated rings. The molecule has 1 saturated heterocycles. The first-order valence-corrected chi connectivity index (χ1v) is 8.43. The Hall–Kier alpha value is -0.610. The van der Waals surface area contributed by atoms with Gasteiger partial charge in [0.1, 0.15) is 5.82 Å². The molecule has 112 valence electrons. The van der Waals surface area contributed by atoms with Crippen LogP contribution in [0.1, 0.15) is 32.3 Å². The Bertz CT molecular complexity index is 426. The van der Waals surface area contributed by atoms with Crippen molar-refractivity contribution in [2.45, 2.75) is 33.6 Å². The molecule has 0 saturated carbocycles. The van der Waals surface area contributed by atoms with E-state index in [2.05, 4.69) is 58.0 Å². The number of hydrogen-bond acceptors (Lipinski definition) is 3. The number of pyridine rings is 1. The summed E-state index contributed by atoms with van der Waals surface area (Å²) in [6.45, 7) is 11.1. The molecule has 0 atom stereocenters. The molecular weight excluding hydrogens is 314 g/mol. The molecule has 1 aliphatic heterocycles. The van der Waals surface area contributed by atoms with E-state index in [1.54, 1.807) is 0 Å². The molecule has 4 heteroatoms. The minimum atomic E-state index is 0.739. The van der Waals surface area contributed by atoms with Crippen molar-refractivity contribution >= 4 is 21.7 Å². The number of anilines is 1. The van der Waals surface area contributed by atoms with E-state index in [0.29, 0.717) is 0 Å². The second kappa shape index (κ2) is 7.41. The van der Waals surface area contributed by atoms with E-state index in [1.165, 1.54) is 18.4 Å². The SMILES string of the molecule is Cc1cnc(N2CCC(CNCC(C)C)CC2)c(Br)c1. The maximum absolute atomic E-state index is 4.58. The molecule has 1 aliphatic rings. The topological polar surface area (TPSA) is 28.2 Å². The third-order valence-electron chi connectivity index (χ3n) is 3.86. The third-order valence-corrected chi connectivity index (χ3v) is 4.44. The summed E-state index contributed by atoms with van der Waals surface area (Å²) in [7, 11) is 0. The number of aromatic nitrogens is 1. The summed E-state index contributed by atoms with van der Waals surface area (Å²) in [5.41, 5.74) is 1.20. The summed E-state index contributed by atoms with van der Waals surface area (Å²) < 4.78 is 1.12. The van der Waals surface area contributed by atoms with Crippen molar-refractivity contribution < 1.29 is 0 Å². The Balaban J connectivity index is 1.82. The minimum absolute atomic E-state index is 0.739. The van der Waals surface area contributed by atoms with Crippen molar-refractivity contribution in [3.05, 3.63) is 22.3 Å². The molecule has 0 spiro atoms. The summed E-state index contributed by atoms with van der Waals surface area (Å²) in [6.07, 6.45) is 4.47. The lowest BCUT2D eigenvalue weighted by atomic mass is 9.96. The van der Waals surface area contributed by atoms with E-state index in [4.69, 9.17) is 0 Å². The van der Waals surface area contributed by atoms with E-state index < -0.39 is 0 Å². The van der Waals surface area contributed by atoms with Gasteiger partial charge in [0.05, 0.1) is 4.47 Å². The summed E-state index contributed by atoms with van der Waals surface area (Å²) in [6, 6.07) is 2.15. The van der Waals surface area contributed by atoms with Crippen molar-refractivity contribution in [1.29, 1.82) is 0 Å². The molecule has 2 heterocycles. The van der Waals surface area contributed by atoms with Crippen LogP contribution in [-0.2, 0) is 0 Å². The van der Waals surface area contributed by atoms with Crippen molar-refractivity contribution in [2.75, 3.05) is 31.1 Å². The highest BCUT2D eigenvalue weighted by atomic mass is 79.9. The van der Waals surface area contributed by atoms with E-state index in [9.17, 15) is 0 Å². The molecule has 1 N–H and O–H groups in total. The third kappa shape index (κ3) is 4.45. The zero-order valence-electron chi connectivity index (χ0n) is 12.8. The van der Waals surface area contributed by atoms with E-state index >= 15 is 0 Å². The molecule has 1 aromatic rings. The Morgan fingerprint density at radius 3 is 2.70 bits per heavy atom. The van der Waals surface area contributed by atoms with Gasteiger partial charge < -0.3 is 10.2 Å². The van der Waals surface area contributed by atoms with Gasteiger partial charge in [-0.3, -0.25) is 0 Å². The zero-order valence-corrected chi connectivity index (χ0v) is 14.4. The second-order valence-corrected chi connectivity index (χ2v) is 7.15. The van der Waals surface area contributed by atoms with Crippen LogP contribution >= 0.6 is 15.9 Å². The Morgan fingerprint density at radius 1 is 1.40 bits per heavy atom. The fraction of sp³-hybridized carbons (Fsp3) is 0.688. The minimum Gasteiger partial charge on any atom is -0.356 e. The van der Waals surface area contributed by atoms with Crippen LogP contribution < -0.4 is 10.2 Å². The van der Waals surface area contributed by atoms with Crippen molar-refractivity contribution in [1.82, 2.24) is 10.3 Å². The lowest BCUT2D eigenvalue weighted by molar-refractivity contribution is 0.373. The smallest absolute Gasteiger partial charge is 0.142 e. The van der Waals surface area contributed by atoms with Crippen LogP contribution in [0.4, 0.5) is 5.82 Å². The van der Waals surface area contributed by atoms with Gasteiger partial charge in [-0.1, -0.05) is 13.8 Å². The van der Waals surface area contributed by atoms with Crippen LogP contribution in [0, 0.1) is 18.8 Å². The number of hydrogen-bond donors (Lipinski definition) is 1. The van der Waals surface area contributed by atoms with Crippen LogP contribution in [0.25, 0.3) is 0 Å². The van der Waals surface area contributed by atoms with Crippen LogP contribution in [0.15, 0.2) is 16.7 Å². The average molecular weight is 340 g/mol. The van der Waals surface area contributed by atoms with Gasteiger partial charge >= 0.3 is 0 Å². The van der Waals surface area contributed by atoms with Crippen molar-refractivity contribution in [3.63, 3.8) is 0 Å². The Labute approximate surface area is 131 Å². The van der Waals surface area contributed by atoms with Crippen molar-refractivity contribution in [3.8, 4) is 0 Å². The quantitative estimate of drug-likeness (QED) is 0.887. The molecule has 3 nitrogen and oxygen atoms in total. The molecule has 0 amide bonds. The Kier molecular flexibility index (Phi) is 5.85. The van der Waals surface area contributed by atoms with E-state index in [-0.39, 0.29) is 0 Å². The first-order chi connectivity index (χ1) is 9.56. The van der Waals surface area contributed by atoms with Crippen LogP contribution in [0.5, 0.6) is 0 Å². The molecule has 1 aromatic heterocycles. The number of halogens is 1. The first kappa shape index (κ1) is 15.8. The van der Waals surface area contributed by atoms with E-state index in [1.807, 2.05) is 6.20 Å². The van der Waals surface area contributed by atoms with Crippen LogP contribution in [-0.4, -0.2) is 31.2 Å². The Morgan fingerprint density at radius 2 is 2.10 bits per heavy atom. The number of nitrogens with one attached hydrogen (secondary N) is 1. The summed E-state index contributed by atoms with van der Waals surface area (Å²) in [5.74, 6) is 2.65. The van der Waals surface area contributed by atoms with Gasteiger partial charge in [-0.15, -0.1) is 0 Å². The predicted molar refractivity (Wildman–Crippen MR) is 89.3 cm³/mol. The number of rotatable bonds is 5.